The summed E-state index contributed by atoms with van der Waals surface area (Å²) in [6.07, 6.45) is 0. The molecule has 0 saturated heterocycles. The minimum Gasteiger partial charge on any atom is -0.456 e. The maximum Gasteiger partial charge on any atom is 0.136 e. The van der Waals surface area contributed by atoms with Crippen LogP contribution in [0, 0.1) is 0 Å². The standard InChI is InChI=1S/C50H30N2O/c1-2-10-37(11-3-1)51-45-15-7-4-12-39(45)42-27-32(19-22-47(42)51)33-20-23-48-43(28-33)40-13-5-8-16-46(40)52(48)38-21-18-31-24-36-30-50-44(29-35(36)25-34(31)26-38)41-14-6-9-17-49(41)53-50/h1-30H. The van der Waals surface area contributed by atoms with Gasteiger partial charge in [-0.3, -0.25) is 0 Å². The Bertz CT molecular complexity index is 3450. The predicted octanol–water partition coefficient (Wildman–Crippen LogP) is 13.8. The fourth-order valence-electron chi connectivity index (χ4n) is 8.78. The minimum atomic E-state index is 0.926. The SMILES string of the molecule is c1ccc(-n2c3ccccc3c3cc(-c4ccc5c(c4)c4ccccc4n5-c4ccc5cc6cc7oc8ccccc8c7cc6cc5c4)ccc32)cc1. The van der Waals surface area contributed by atoms with E-state index in [1.165, 1.54) is 82.0 Å². The second-order valence-corrected chi connectivity index (χ2v) is 14.2. The van der Waals surface area contributed by atoms with E-state index in [0.29, 0.717) is 0 Å². The van der Waals surface area contributed by atoms with Crippen LogP contribution in [-0.2, 0) is 0 Å². The third-order valence-electron chi connectivity index (χ3n) is 11.2. The summed E-state index contributed by atoms with van der Waals surface area (Å²) in [6.45, 7) is 0. The van der Waals surface area contributed by atoms with Crippen LogP contribution in [0.3, 0.4) is 0 Å². The van der Waals surface area contributed by atoms with E-state index in [0.717, 1.165) is 27.6 Å². The van der Waals surface area contributed by atoms with Crippen LogP contribution >= 0.6 is 0 Å². The molecule has 0 aliphatic heterocycles. The van der Waals surface area contributed by atoms with Crippen LogP contribution in [-0.4, -0.2) is 9.13 Å². The van der Waals surface area contributed by atoms with Gasteiger partial charge in [0.2, 0.25) is 0 Å². The van der Waals surface area contributed by atoms with E-state index in [9.17, 15) is 0 Å². The molecule has 3 aromatic heterocycles. The molecule has 3 nitrogen and oxygen atoms in total. The zero-order valence-corrected chi connectivity index (χ0v) is 28.6. The minimum absolute atomic E-state index is 0.926. The van der Waals surface area contributed by atoms with Crippen molar-refractivity contribution in [2.45, 2.75) is 0 Å². The molecule has 0 bridgehead atoms. The molecule has 53 heavy (non-hydrogen) atoms. The lowest BCUT2D eigenvalue weighted by Crippen LogP contribution is -1.94. The van der Waals surface area contributed by atoms with Gasteiger partial charge in [-0.2, -0.15) is 0 Å². The Kier molecular flexibility index (Phi) is 5.77. The van der Waals surface area contributed by atoms with Crippen molar-refractivity contribution in [1.82, 2.24) is 9.13 Å². The maximum atomic E-state index is 6.21. The molecule has 0 aliphatic rings. The van der Waals surface area contributed by atoms with E-state index >= 15 is 0 Å². The summed E-state index contributed by atoms with van der Waals surface area (Å²) in [5.74, 6) is 0. The number of fused-ring (bicyclic) bond motifs is 11. The Morgan fingerprint density at radius 3 is 1.55 bits per heavy atom. The molecule has 3 heteroatoms. The molecule has 3 heterocycles. The van der Waals surface area contributed by atoms with Crippen LogP contribution in [0.25, 0.3) is 110 Å². The second-order valence-electron chi connectivity index (χ2n) is 14.2. The molecule has 0 fully saturated rings. The van der Waals surface area contributed by atoms with Crippen molar-refractivity contribution in [1.29, 1.82) is 0 Å². The summed E-state index contributed by atoms with van der Waals surface area (Å²) < 4.78 is 11.0. The van der Waals surface area contributed by atoms with Crippen molar-refractivity contribution < 1.29 is 4.42 Å². The quantitative estimate of drug-likeness (QED) is 0.171. The molecule has 0 aliphatic carbocycles. The highest BCUT2D eigenvalue weighted by Crippen LogP contribution is 2.39. The van der Waals surface area contributed by atoms with E-state index in [2.05, 4.69) is 179 Å². The van der Waals surface area contributed by atoms with Crippen molar-refractivity contribution >= 4 is 87.1 Å². The summed E-state index contributed by atoms with van der Waals surface area (Å²) in [7, 11) is 0. The Balaban J connectivity index is 1.02. The van der Waals surface area contributed by atoms with Crippen LogP contribution in [0.1, 0.15) is 0 Å². The van der Waals surface area contributed by atoms with Crippen LogP contribution in [0.5, 0.6) is 0 Å². The van der Waals surface area contributed by atoms with Crippen LogP contribution in [0.15, 0.2) is 186 Å². The van der Waals surface area contributed by atoms with E-state index in [1.807, 2.05) is 12.1 Å². The van der Waals surface area contributed by atoms with Crippen LogP contribution in [0.4, 0.5) is 0 Å². The lowest BCUT2D eigenvalue weighted by atomic mass is 10.0. The highest BCUT2D eigenvalue weighted by Gasteiger charge is 2.17. The maximum absolute atomic E-state index is 6.21. The largest absolute Gasteiger partial charge is 0.456 e. The molecule has 0 N–H and O–H groups in total. The summed E-state index contributed by atoms with van der Waals surface area (Å²) in [5, 5.41) is 12.2. The first-order chi connectivity index (χ1) is 26.2. The number of benzene rings is 9. The molecular weight excluding hydrogens is 645 g/mol. The van der Waals surface area contributed by atoms with Crippen molar-refractivity contribution in [2.75, 3.05) is 0 Å². The lowest BCUT2D eigenvalue weighted by Gasteiger charge is -2.11. The highest BCUT2D eigenvalue weighted by atomic mass is 16.3. The van der Waals surface area contributed by atoms with Crippen molar-refractivity contribution in [3.05, 3.63) is 182 Å². The molecule has 0 spiro atoms. The summed E-state index contributed by atoms with van der Waals surface area (Å²) in [5.41, 5.74) is 11.4. The van der Waals surface area contributed by atoms with Gasteiger partial charge in [0.25, 0.3) is 0 Å². The second kappa shape index (κ2) is 10.7. The third-order valence-corrected chi connectivity index (χ3v) is 11.2. The smallest absolute Gasteiger partial charge is 0.136 e. The normalized spacial score (nSPS) is 12.2. The van der Waals surface area contributed by atoms with Gasteiger partial charge in [-0.05, 0) is 124 Å². The number of rotatable bonds is 3. The van der Waals surface area contributed by atoms with Gasteiger partial charge in [0.1, 0.15) is 11.2 Å². The van der Waals surface area contributed by atoms with E-state index in [1.54, 1.807) is 0 Å². The number of furan rings is 1. The van der Waals surface area contributed by atoms with Gasteiger partial charge in [-0.1, -0.05) is 91.0 Å². The number of hydrogen-bond acceptors (Lipinski definition) is 1. The first kappa shape index (κ1) is 28.6. The average molecular weight is 675 g/mol. The van der Waals surface area contributed by atoms with Crippen molar-refractivity contribution in [2.24, 2.45) is 0 Å². The predicted molar refractivity (Wildman–Crippen MR) is 223 cm³/mol. The zero-order chi connectivity index (χ0) is 34.6. The van der Waals surface area contributed by atoms with E-state index in [4.69, 9.17) is 4.42 Å². The van der Waals surface area contributed by atoms with Gasteiger partial charge in [0, 0.05) is 43.7 Å². The fraction of sp³-hybridized carbons (Fsp3) is 0. The first-order valence-electron chi connectivity index (χ1n) is 18.2. The summed E-state index contributed by atoms with van der Waals surface area (Å²) >= 11 is 0. The fourth-order valence-corrected chi connectivity index (χ4v) is 8.78. The third kappa shape index (κ3) is 4.16. The topological polar surface area (TPSA) is 23.0 Å². The molecule has 9 aromatic carbocycles. The Morgan fingerprint density at radius 2 is 0.830 bits per heavy atom. The average Bonchev–Trinajstić information content (AvgIpc) is 3.86. The summed E-state index contributed by atoms with van der Waals surface area (Å²) in [4.78, 5) is 0. The lowest BCUT2D eigenvalue weighted by molar-refractivity contribution is 0.669. The first-order valence-corrected chi connectivity index (χ1v) is 18.2. The summed E-state index contributed by atoms with van der Waals surface area (Å²) in [6, 6.07) is 66.2. The molecule has 0 saturated carbocycles. The number of para-hydroxylation sites is 4. The Hall–Kier alpha value is -7.10. The Morgan fingerprint density at radius 1 is 0.283 bits per heavy atom. The zero-order valence-electron chi connectivity index (χ0n) is 28.6. The van der Waals surface area contributed by atoms with Gasteiger partial charge in [0.05, 0.1) is 22.1 Å². The van der Waals surface area contributed by atoms with Gasteiger partial charge in [-0.15, -0.1) is 0 Å². The van der Waals surface area contributed by atoms with Crippen molar-refractivity contribution in [3.63, 3.8) is 0 Å². The molecule has 12 rings (SSSR count). The molecular formula is C50H30N2O. The highest BCUT2D eigenvalue weighted by molar-refractivity contribution is 6.14. The van der Waals surface area contributed by atoms with Crippen molar-refractivity contribution in [3.8, 4) is 22.5 Å². The van der Waals surface area contributed by atoms with Gasteiger partial charge >= 0.3 is 0 Å². The van der Waals surface area contributed by atoms with Gasteiger partial charge in [0.15, 0.2) is 0 Å². The number of hydrogen-bond donors (Lipinski definition) is 0. The van der Waals surface area contributed by atoms with E-state index in [-0.39, 0.29) is 0 Å². The monoisotopic (exact) mass is 674 g/mol. The molecule has 0 unspecified atom stereocenters. The molecule has 0 amide bonds. The number of nitrogens with zero attached hydrogens (tertiary/aromatic N) is 2. The van der Waals surface area contributed by atoms with Crippen LogP contribution < -0.4 is 0 Å². The van der Waals surface area contributed by atoms with Gasteiger partial charge in [-0.25, -0.2) is 0 Å². The molecule has 0 radical (unpaired) electrons. The van der Waals surface area contributed by atoms with Crippen LogP contribution in [0.2, 0.25) is 0 Å². The Labute approximate surface area is 304 Å². The van der Waals surface area contributed by atoms with E-state index < -0.39 is 0 Å². The molecule has 246 valence electrons. The molecule has 12 aromatic rings. The van der Waals surface area contributed by atoms with Gasteiger partial charge < -0.3 is 13.6 Å². The number of aromatic nitrogens is 2. The molecule has 0 atom stereocenters.